The Labute approximate surface area is 166 Å². The van der Waals surface area contributed by atoms with Crippen LogP contribution in [0.3, 0.4) is 0 Å². The summed E-state index contributed by atoms with van der Waals surface area (Å²) in [5.41, 5.74) is 2.05. The van der Waals surface area contributed by atoms with Crippen molar-refractivity contribution in [2.75, 3.05) is 25.1 Å². The number of amides is 1. The maximum Gasteiger partial charge on any atom is 0.258 e. The summed E-state index contributed by atoms with van der Waals surface area (Å²) in [6.07, 6.45) is 2.88. The van der Waals surface area contributed by atoms with E-state index in [1.165, 1.54) is 0 Å². The van der Waals surface area contributed by atoms with Gasteiger partial charge in [0.05, 0.1) is 18.3 Å². The van der Waals surface area contributed by atoms with Crippen LogP contribution >= 0.6 is 0 Å². The smallest absolute Gasteiger partial charge is 0.258 e. The van der Waals surface area contributed by atoms with Gasteiger partial charge < -0.3 is 19.7 Å². The Kier molecular flexibility index (Phi) is 5.27. The van der Waals surface area contributed by atoms with E-state index < -0.39 is 5.66 Å². The predicted octanol–water partition coefficient (Wildman–Crippen LogP) is 4.40. The number of para-hydroxylation sites is 1. The highest BCUT2D eigenvalue weighted by atomic mass is 16.5. The number of nitrogens with one attached hydrogen (secondary N) is 1. The molecule has 0 radical (unpaired) electrons. The van der Waals surface area contributed by atoms with Crippen LogP contribution in [0.15, 0.2) is 48.5 Å². The van der Waals surface area contributed by atoms with E-state index in [4.69, 9.17) is 9.47 Å². The third-order valence-electron chi connectivity index (χ3n) is 5.77. The molecule has 2 heterocycles. The Bertz CT molecular complexity index is 830. The Morgan fingerprint density at radius 2 is 1.96 bits per heavy atom. The van der Waals surface area contributed by atoms with Gasteiger partial charge in [-0.15, -0.1) is 0 Å². The molecule has 0 aliphatic carbocycles. The number of benzene rings is 2. The molecule has 148 valence electrons. The molecule has 2 aliphatic heterocycles. The molecule has 2 atom stereocenters. The maximum atomic E-state index is 13.5. The lowest BCUT2D eigenvalue weighted by atomic mass is 9.89. The fourth-order valence-electron chi connectivity index (χ4n) is 4.32. The minimum absolute atomic E-state index is 0.0561. The second-order valence-electron chi connectivity index (χ2n) is 7.39. The molecule has 2 aromatic rings. The van der Waals surface area contributed by atoms with Crippen LogP contribution in [0.2, 0.25) is 0 Å². The van der Waals surface area contributed by atoms with Crippen LogP contribution in [-0.2, 0) is 10.4 Å². The Morgan fingerprint density at radius 1 is 1.18 bits per heavy atom. The van der Waals surface area contributed by atoms with Gasteiger partial charge in [0, 0.05) is 18.8 Å². The summed E-state index contributed by atoms with van der Waals surface area (Å²) in [5.74, 6) is 0.895. The molecule has 5 heteroatoms. The standard InChI is InChI=1S/C23H28N2O3/c1-3-23(17-11-13-18(14-12-17)27-4-2)24-21-10-6-5-9-20(21)22(26)25(23)16-19-8-7-15-28-19/h5-6,9-14,19,24H,3-4,7-8,15-16H2,1-2H3. The van der Waals surface area contributed by atoms with Gasteiger partial charge in [0.25, 0.3) is 5.91 Å². The zero-order valence-corrected chi connectivity index (χ0v) is 16.6. The molecule has 1 amide bonds. The minimum atomic E-state index is -0.609. The lowest BCUT2D eigenvalue weighted by Gasteiger charge is -2.49. The van der Waals surface area contributed by atoms with E-state index in [0.29, 0.717) is 13.2 Å². The molecule has 28 heavy (non-hydrogen) atoms. The molecule has 2 unspecified atom stereocenters. The van der Waals surface area contributed by atoms with Crippen molar-refractivity contribution in [3.05, 3.63) is 59.7 Å². The van der Waals surface area contributed by atoms with Crippen LogP contribution in [0, 0.1) is 0 Å². The summed E-state index contributed by atoms with van der Waals surface area (Å²) in [5, 5.41) is 3.69. The Balaban J connectivity index is 1.77. The lowest BCUT2D eigenvalue weighted by molar-refractivity contribution is 0.0187. The number of fused-ring (bicyclic) bond motifs is 1. The van der Waals surface area contributed by atoms with Crippen molar-refractivity contribution in [3.63, 3.8) is 0 Å². The molecule has 0 saturated carbocycles. The monoisotopic (exact) mass is 380 g/mol. The maximum absolute atomic E-state index is 13.5. The highest BCUT2D eigenvalue weighted by molar-refractivity contribution is 6.02. The van der Waals surface area contributed by atoms with Gasteiger partial charge in [-0.1, -0.05) is 31.2 Å². The van der Waals surface area contributed by atoms with Crippen LogP contribution in [0.25, 0.3) is 0 Å². The van der Waals surface area contributed by atoms with Crippen molar-refractivity contribution in [2.24, 2.45) is 0 Å². The van der Waals surface area contributed by atoms with E-state index in [1.807, 2.05) is 48.2 Å². The molecule has 2 aliphatic rings. The molecule has 1 N–H and O–H groups in total. The van der Waals surface area contributed by atoms with Gasteiger partial charge in [-0.3, -0.25) is 4.79 Å². The SMILES string of the molecule is CCOc1ccc(C2(CC)Nc3ccccc3C(=O)N2CC2CCCO2)cc1. The number of anilines is 1. The largest absolute Gasteiger partial charge is 0.494 e. The molecule has 0 spiro atoms. The highest BCUT2D eigenvalue weighted by Crippen LogP contribution is 2.41. The van der Waals surface area contributed by atoms with Gasteiger partial charge in [0.2, 0.25) is 0 Å². The molecule has 1 fully saturated rings. The second kappa shape index (κ2) is 7.84. The van der Waals surface area contributed by atoms with E-state index in [9.17, 15) is 4.79 Å². The first-order valence-corrected chi connectivity index (χ1v) is 10.2. The van der Waals surface area contributed by atoms with Crippen LogP contribution in [0.4, 0.5) is 5.69 Å². The zero-order valence-electron chi connectivity index (χ0n) is 16.6. The van der Waals surface area contributed by atoms with Crippen molar-refractivity contribution in [1.29, 1.82) is 0 Å². The first kappa shape index (κ1) is 18.8. The number of carbonyl (C=O) groups is 1. The second-order valence-corrected chi connectivity index (χ2v) is 7.39. The van der Waals surface area contributed by atoms with Gasteiger partial charge in [-0.25, -0.2) is 0 Å². The molecular weight excluding hydrogens is 352 g/mol. The highest BCUT2D eigenvalue weighted by Gasteiger charge is 2.45. The predicted molar refractivity (Wildman–Crippen MR) is 110 cm³/mol. The number of nitrogens with zero attached hydrogens (tertiary/aromatic N) is 1. The van der Waals surface area contributed by atoms with E-state index in [-0.39, 0.29) is 12.0 Å². The number of ether oxygens (including phenoxy) is 2. The van der Waals surface area contributed by atoms with Crippen molar-refractivity contribution >= 4 is 11.6 Å². The quantitative estimate of drug-likeness (QED) is 0.807. The third kappa shape index (κ3) is 3.24. The summed E-state index contributed by atoms with van der Waals surface area (Å²) >= 11 is 0. The fourth-order valence-corrected chi connectivity index (χ4v) is 4.32. The fraction of sp³-hybridized carbons (Fsp3) is 0.435. The topological polar surface area (TPSA) is 50.8 Å². The van der Waals surface area contributed by atoms with Crippen molar-refractivity contribution in [2.45, 2.75) is 44.9 Å². The van der Waals surface area contributed by atoms with Crippen LogP contribution in [0.1, 0.15) is 49.0 Å². The normalized spacial score (nSPS) is 24.0. The van der Waals surface area contributed by atoms with E-state index in [0.717, 1.165) is 48.4 Å². The Morgan fingerprint density at radius 3 is 2.64 bits per heavy atom. The van der Waals surface area contributed by atoms with Gasteiger partial charge in [-0.2, -0.15) is 0 Å². The van der Waals surface area contributed by atoms with E-state index in [1.54, 1.807) is 0 Å². The first-order valence-electron chi connectivity index (χ1n) is 10.2. The third-order valence-corrected chi connectivity index (χ3v) is 5.77. The average Bonchev–Trinajstić information content (AvgIpc) is 3.24. The van der Waals surface area contributed by atoms with Gasteiger partial charge in [-0.05, 0) is 56.0 Å². The zero-order chi connectivity index (χ0) is 19.6. The molecule has 1 saturated heterocycles. The summed E-state index contributed by atoms with van der Waals surface area (Å²) in [4.78, 5) is 15.5. The Hall–Kier alpha value is -2.53. The van der Waals surface area contributed by atoms with Gasteiger partial charge >= 0.3 is 0 Å². The molecule has 0 bridgehead atoms. The first-order chi connectivity index (χ1) is 13.7. The summed E-state index contributed by atoms with van der Waals surface area (Å²) < 4.78 is 11.5. The molecule has 2 aromatic carbocycles. The van der Waals surface area contributed by atoms with Crippen molar-refractivity contribution < 1.29 is 14.3 Å². The summed E-state index contributed by atoms with van der Waals surface area (Å²) in [6.45, 7) is 6.09. The summed E-state index contributed by atoms with van der Waals surface area (Å²) in [6, 6.07) is 15.8. The van der Waals surface area contributed by atoms with Crippen LogP contribution in [0.5, 0.6) is 5.75 Å². The van der Waals surface area contributed by atoms with Crippen molar-refractivity contribution in [1.82, 2.24) is 4.90 Å². The number of rotatable bonds is 6. The molecule has 4 rings (SSSR count). The van der Waals surface area contributed by atoms with E-state index in [2.05, 4.69) is 24.4 Å². The molecule has 0 aromatic heterocycles. The van der Waals surface area contributed by atoms with Gasteiger partial charge in [0.15, 0.2) is 0 Å². The molecular formula is C23H28N2O3. The van der Waals surface area contributed by atoms with E-state index >= 15 is 0 Å². The number of carbonyl (C=O) groups excluding carboxylic acids is 1. The van der Waals surface area contributed by atoms with Crippen LogP contribution in [-0.4, -0.2) is 36.7 Å². The average molecular weight is 380 g/mol. The number of hydrogen-bond acceptors (Lipinski definition) is 4. The van der Waals surface area contributed by atoms with Crippen molar-refractivity contribution in [3.8, 4) is 5.75 Å². The minimum Gasteiger partial charge on any atom is -0.494 e. The lowest BCUT2D eigenvalue weighted by Crippen LogP contribution is -2.59. The summed E-state index contributed by atoms with van der Waals surface area (Å²) in [7, 11) is 0. The van der Waals surface area contributed by atoms with Gasteiger partial charge in [0.1, 0.15) is 11.4 Å². The number of hydrogen-bond donors (Lipinski definition) is 1. The van der Waals surface area contributed by atoms with Crippen LogP contribution < -0.4 is 10.1 Å². The molecule has 5 nitrogen and oxygen atoms in total.